The molecular formula is C28H56O4. The molecule has 0 aliphatic carbocycles. The summed E-state index contributed by atoms with van der Waals surface area (Å²) in [5.74, 6) is -0.693. The molecule has 0 aromatic rings. The van der Waals surface area contributed by atoms with Crippen LogP contribution < -0.4 is 0 Å². The molecular weight excluding hydrogens is 400 g/mol. The maximum absolute atomic E-state index is 11.0. The van der Waals surface area contributed by atoms with E-state index in [0.29, 0.717) is 19.4 Å². The van der Waals surface area contributed by atoms with Gasteiger partial charge in [0.15, 0.2) is 0 Å². The first-order valence-corrected chi connectivity index (χ1v) is 14.0. The number of hydrogen-bond donors (Lipinski definition) is 1. The standard InChI is InChI=1S/2C14H28O2/c1-3-5-6-7-8-9-10-11-12-13-14(15)16-4-2;1-2-3-4-5-6-7-8-9-10-11-12-13-14(15)16/h3-13H2,1-2H3;2-13H2,1H3,(H,15,16). The van der Waals surface area contributed by atoms with Gasteiger partial charge in [-0.1, -0.05) is 129 Å². The number of rotatable bonds is 23. The number of carboxylic acids is 1. The average Bonchev–Trinajstić information content (AvgIpc) is 2.77. The molecule has 4 heteroatoms. The van der Waals surface area contributed by atoms with Crippen LogP contribution in [0.15, 0.2) is 0 Å². The van der Waals surface area contributed by atoms with E-state index in [1.807, 2.05) is 6.92 Å². The molecule has 0 aromatic carbocycles. The van der Waals surface area contributed by atoms with E-state index in [4.69, 9.17) is 9.84 Å². The van der Waals surface area contributed by atoms with Gasteiger partial charge in [0.1, 0.15) is 0 Å². The lowest BCUT2D eigenvalue weighted by molar-refractivity contribution is -0.143. The first-order valence-electron chi connectivity index (χ1n) is 14.0. The van der Waals surface area contributed by atoms with Gasteiger partial charge in [-0.05, 0) is 19.8 Å². The third-order valence-electron chi connectivity index (χ3n) is 5.78. The molecule has 0 saturated heterocycles. The minimum Gasteiger partial charge on any atom is -0.481 e. The monoisotopic (exact) mass is 456 g/mol. The molecule has 0 amide bonds. The number of carboxylic acid groups (broad SMARTS) is 1. The molecule has 0 unspecified atom stereocenters. The van der Waals surface area contributed by atoms with Crippen LogP contribution in [0.1, 0.15) is 162 Å². The first kappa shape index (κ1) is 33.1. The molecule has 0 radical (unpaired) electrons. The van der Waals surface area contributed by atoms with Crippen molar-refractivity contribution in [3.05, 3.63) is 0 Å². The van der Waals surface area contributed by atoms with E-state index in [1.54, 1.807) is 0 Å². The van der Waals surface area contributed by atoms with Gasteiger partial charge in [-0.25, -0.2) is 0 Å². The van der Waals surface area contributed by atoms with Crippen molar-refractivity contribution in [1.29, 1.82) is 0 Å². The maximum atomic E-state index is 11.0. The summed E-state index contributed by atoms with van der Waals surface area (Å²) in [6.45, 7) is 6.86. The van der Waals surface area contributed by atoms with Crippen molar-refractivity contribution in [3.63, 3.8) is 0 Å². The highest BCUT2D eigenvalue weighted by Gasteiger charge is 2.00. The molecule has 4 nitrogen and oxygen atoms in total. The van der Waals surface area contributed by atoms with E-state index in [0.717, 1.165) is 19.3 Å². The molecule has 0 aliphatic heterocycles. The third kappa shape index (κ3) is 33.6. The lowest BCUT2D eigenvalue weighted by Crippen LogP contribution is -2.03. The fourth-order valence-corrected chi connectivity index (χ4v) is 3.75. The number of esters is 1. The van der Waals surface area contributed by atoms with Gasteiger partial charge in [0.05, 0.1) is 6.61 Å². The van der Waals surface area contributed by atoms with E-state index in [9.17, 15) is 9.59 Å². The number of hydrogen-bond acceptors (Lipinski definition) is 3. The van der Waals surface area contributed by atoms with Crippen molar-refractivity contribution in [2.75, 3.05) is 6.61 Å². The number of ether oxygens (including phenoxy) is 1. The summed E-state index contributed by atoms with van der Waals surface area (Å²) in [5, 5.41) is 8.46. The van der Waals surface area contributed by atoms with Crippen molar-refractivity contribution < 1.29 is 19.4 Å². The lowest BCUT2D eigenvalue weighted by Gasteiger charge is -2.02. The van der Waals surface area contributed by atoms with Crippen LogP contribution in [0.4, 0.5) is 0 Å². The fourth-order valence-electron chi connectivity index (χ4n) is 3.75. The Morgan fingerprint density at radius 3 is 1.12 bits per heavy atom. The van der Waals surface area contributed by atoms with Crippen molar-refractivity contribution in [3.8, 4) is 0 Å². The molecule has 32 heavy (non-hydrogen) atoms. The molecule has 0 heterocycles. The predicted octanol–water partition coefficient (Wildman–Crippen LogP) is 9.24. The Morgan fingerprint density at radius 1 is 0.500 bits per heavy atom. The second-order valence-corrected chi connectivity index (χ2v) is 9.06. The van der Waals surface area contributed by atoms with Crippen LogP contribution >= 0.6 is 0 Å². The second kappa shape index (κ2) is 29.9. The summed E-state index contributed by atoms with van der Waals surface area (Å²) in [6, 6.07) is 0. The van der Waals surface area contributed by atoms with Crippen LogP contribution in [0.3, 0.4) is 0 Å². The largest absolute Gasteiger partial charge is 0.481 e. The van der Waals surface area contributed by atoms with Crippen LogP contribution in [0.2, 0.25) is 0 Å². The molecule has 192 valence electrons. The molecule has 0 spiro atoms. The van der Waals surface area contributed by atoms with Crippen LogP contribution in [0.5, 0.6) is 0 Å². The molecule has 0 aromatic heterocycles. The van der Waals surface area contributed by atoms with Gasteiger partial charge >= 0.3 is 11.9 Å². The zero-order valence-corrected chi connectivity index (χ0v) is 21.9. The Balaban J connectivity index is 0. The number of unbranched alkanes of at least 4 members (excludes halogenated alkanes) is 18. The lowest BCUT2D eigenvalue weighted by atomic mass is 10.1. The Kier molecular flexibility index (Phi) is 31.0. The Labute approximate surface area is 200 Å². The zero-order chi connectivity index (χ0) is 24.1. The van der Waals surface area contributed by atoms with Gasteiger partial charge < -0.3 is 9.84 Å². The molecule has 0 atom stereocenters. The summed E-state index contributed by atoms with van der Waals surface area (Å²) in [7, 11) is 0. The number of carbonyl (C=O) groups excluding carboxylic acids is 1. The third-order valence-corrected chi connectivity index (χ3v) is 5.78. The Morgan fingerprint density at radius 2 is 0.812 bits per heavy atom. The average molecular weight is 457 g/mol. The van der Waals surface area contributed by atoms with Crippen molar-refractivity contribution in [2.24, 2.45) is 0 Å². The molecule has 1 N–H and O–H groups in total. The van der Waals surface area contributed by atoms with Crippen molar-refractivity contribution in [1.82, 2.24) is 0 Å². The topological polar surface area (TPSA) is 63.6 Å². The summed E-state index contributed by atoms with van der Waals surface area (Å²) >= 11 is 0. The van der Waals surface area contributed by atoms with E-state index in [-0.39, 0.29) is 5.97 Å². The summed E-state index contributed by atoms with van der Waals surface area (Å²) in [4.78, 5) is 21.3. The van der Waals surface area contributed by atoms with Crippen LogP contribution in [-0.4, -0.2) is 23.7 Å². The van der Waals surface area contributed by atoms with Gasteiger partial charge in [0.2, 0.25) is 0 Å². The van der Waals surface area contributed by atoms with Crippen LogP contribution in [0.25, 0.3) is 0 Å². The van der Waals surface area contributed by atoms with E-state index >= 15 is 0 Å². The van der Waals surface area contributed by atoms with Gasteiger partial charge in [-0.3, -0.25) is 9.59 Å². The predicted molar refractivity (Wildman–Crippen MR) is 137 cm³/mol. The minimum absolute atomic E-state index is 0.0366. The highest BCUT2D eigenvalue weighted by atomic mass is 16.5. The number of carbonyl (C=O) groups is 2. The Hall–Kier alpha value is -1.06. The van der Waals surface area contributed by atoms with Crippen molar-refractivity contribution in [2.45, 2.75) is 162 Å². The van der Waals surface area contributed by atoms with Gasteiger partial charge in [-0.15, -0.1) is 0 Å². The molecule has 0 rings (SSSR count). The molecule has 0 fully saturated rings. The zero-order valence-electron chi connectivity index (χ0n) is 21.9. The highest BCUT2D eigenvalue weighted by Crippen LogP contribution is 2.12. The van der Waals surface area contributed by atoms with Gasteiger partial charge in [0.25, 0.3) is 0 Å². The first-order chi connectivity index (χ1) is 15.6. The minimum atomic E-state index is -0.657. The normalized spacial score (nSPS) is 10.5. The highest BCUT2D eigenvalue weighted by molar-refractivity contribution is 5.69. The molecule has 0 saturated carbocycles. The SMILES string of the molecule is CCCCCCCCCCCC(=O)OCC.CCCCCCCCCCCCCC(=O)O. The second-order valence-electron chi connectivity index (χ2n) is 9.06. The molecule has 0 bridgehead atoms. The maximum Gasteiger partial charge on any atom is 0.305 e. The fraction of sp³-hybridized carbons (Fsp3) is 0.929. The van der Waals surface area contributed by atoms with E-state index in [2.05, 4.69) is 13.8 Å². The van der Waals surface area contributed by atoms with Crippen LogP contribution in [-0.2, 0) is 14.3 Å². The Bertz CT molecular complexity index is 382. The molecule has 0 aliphatic rings. The van der Waals surface area contributed by atoms with Crippen LogP contribution in [0, 0.1) is 0 Å². The van der Waals surface area contributed by atoms with E-state index < -0.39 is 5.97 Å². The summed E-state index contributed by atoms with van der Waals surface area (Å²) < 4.78 is 4.87. The van der Waals surface area contributed by atoms with Crippen molar-refractivity contribution >= 4 is 11.9 Å². The summed E-state index contributed by atoms with van der Waals surface area (Å²) in [6.07, 6.45) is 26.5. The summed E-state index contributed by atoms with van der Waals surface area (Å²) in [5.41, 5.74) is 0. The smallest absolute Gasteiger partial charge is 0.305 e. The van der Waals surface area contributed by atoms with E-state index in [1.165, 1.54) is 109 Å². The van der Waals surface area contributed by atoms with Gasteiger partial charge in [-0.2, -0.15) is 0 Å². The quantitative estimate of drug-likeness (QED) is 0.123. The van der Waals surface area contributed by atoms with Gasteiger partial charge in [0, 0.05) is 12.8 Å². The number of aliphatic carboxylic acids is 1.